The molecule has 2 unspecified atom stereocenters. The third kappa shape index (κ3) is 2.54. The van der Waals surface area contributed by atoms with Gasteiger partial charge in [-0.3, -0.25) is 9.38 Å². The molecule has 3 aliphatic rings. The van der Waals surface area contributed by atoms with Gasteiger partial charge < -0.3 is 4.74 Å². The molecule has 2 aliphatic carbocycles. The summed E-state index contributed by atoms with van der Waals surface area (Å²) < 4.78 is 7.79. The number of hydrogen-bond acceptors (Lipinski definition) is 3. The summed E-state index contributed by atoms with van der Waals surface area (Å²) in [5.41, 5.74) is 7.43. The van der Waals surface area contributed by atoms with E-state index >= 15 is 0 Å². The summed E-state index contributed by atoms with van der Waals surface area (Å²) in [7, 11) is 0. The molecule has 1 fully saturated rings. The molecule has 130 valence electrons. The summed E-state index contributed by atoms with van der Waals surface area (Å²) in [4.78, 5) is 9.69. The van der Waals surface area contributed by atoms with Gasteiger partial charge in [-0.05, 0) is 29.9 Å². The van der Waals surface area contributed by atoms with Gasteiger partial charge in [0.2, 0.25) is 0 Å². The zero-order valence-electron chi connectivity index (χ0n) is 14.9. The van der Waals surface area contributed by atoms with Crippen LogP contribution >= 0.6 is 0 Å². The number of allylic oxidation sites excluding steroid dienone is 2. The molecule has 2 aromatic rings. The maximum absolute atomic E-state index is 5.49. The highest BCUT2D eigenvalue weighted by Crippen LogP contribution is 2.39. The summed E-state index contributed by atoms with van der Waals surface area (Å²) in [5.74, 6) is 1.33. The van der Waals surface area contributed by atoms with Gasteiger partial charge in [-0.1, -0.05) is 38.3 Å². The molecule has 0 radical (unpaired) electrons. The van der Waals surface area contributed by atoms with Crippen molar-refractivity contribution in [1.29, 1.82) is 0 Å². The van der Waals surface area contributed by atoms with E-state index in [-0.39, 0.29) is 0 Å². The van der Waals surface area contributed by atoms with E-state index in [0.29, 0.717) is 5.92 Å². The third-order valence-corrected chi connectivity index (χ3v) is 6.16. The minimum atomic E-state index is 0.598. The first-order valence-corrected chi connectivity index (χ1v) is 9.66. The van der Waals surface area contributed by atoms with Crippen molar-refractivity contribution in [2.24, 2.45) is 5.92 Å². The summed E-state index contributed by atoms with van der Waals surface area (Å²) in [6, 6.07) is 0. The van der Waals surface area contributed by atoms with Gasteiger partial charge in [0, 0.05) is 18.5 Å². The smallest absolute Gasteiger partial charge is 0.156 e. The normalized spacial score (nSPS) is 26.4. The van der Waals surface area contributed by atoms with Crippen molar-refractivity contribution in [1.82, 2.24) is 14.4 Å². The quantitative estimate of drug-likeness (QED) is 0.821. The molecule has 0 amide bonds. The topological polar surface area (TPSA) is 39.4 Å². The van der Waals surface area contributed by atoms with E-state index in [1.807, 2.05) is 6.20 Å². The van der Waals surface area contributed by atoms with E-state index in [1.54, 1.807) is 0 Å². The largest absolute Gasteiger partial charge is 0.377 e. The van der Waals surface area contributed by atoms with E-state index in [4.69, 9.17) is 14.7 Å². The number of imidazole rings is 1. The molecule has 0 saturated heterocycles. The van der Waals surface area contributed by atoms with Crippen molar-refractivity contribution in [3.63, 3.8) is 0 Å². The van der Waals surface area contributed by atoms with Crippen LogP contribution < -0.4 is 0 Å². The standard InChI is InChI=1S/C21H25N3O/c1-14-4-2-3-5-16(14)19-13-24-20(23-19)12-22-18-7-6-17(21(18)24)15-8-10-25-11-9-15/h6,8,12-14,16H,2-5,7,9-11H2,1H3. The van der Waals surface area contributed by atoms with Gasteiger partial charge in [0.05, 0.1) is 36.5 Å². The SMILES string of the molecule is CC1CCCCC1c1cn2c3c(ncc2n1)CC=C3C1=CCOCC1. The van der Waals surface area contributed by atoms with Crippen LogP contribution in [0.15, 0.2) is 30.1 Å². The minimum absolute atomic E-state index is 0.598. The molecular weight excluding hydrogens is 310 g/mol. The van der Waals surface area contributed by atoms with Gasteiger partial charge in [-0.15, -0.1) is 0 Å². The fraction of sp³-hybridized carbons (Fsp3) is 0.524. The zero-order valence-corrected chi connectivity index (χ0v) is 14.9. The average Bonchev–Trinajstić information content (AvgIpc) is 3.26. The molecule has 4 nitrogen and oxygen atoms in total. The first-order chi connectivity index (χ1) is 12.3. The second-order valence-electron chi connectivity index (χ2n) is 7.69. The van der Waals surface area contributed by atoms with E-state index in [9.17, 15) is 0 Å². The van der Waals surface area contributed by atoms with Crippen molar-refractivity contribution in [3.8, 4) is 0 Å². The maximum Gasteiger partial charge on any atom is 0.156 e. The Morgan fingerprint density at radius 2 is 2.12 bits per heavy atom. The Balaban J connectivity index is 1.59. The molecule has 0 bridgehead atoms. The highest BCUT2D eigenvalue weighted by Gasteiger charge is 2.27. The molecule has 1 saturated carbocycles. The highest BCUT2D eigenvalue weighted by molar-refractivity contribution is 5.82. The van der Waals surface area contributed by atoms with E-state index in [2.05, 4.69) is 29.7 Å². The van der Waals surface area contributed by atoms with Gasteiger partial charge in [0.25, 0.3) is 0 Å². The minimum Gasteiger partial charge on any atom is -0.377 e. The molecule has 2 atom stereocenters. The Labute approximate surface area is 148 Å². The second kappa shape index (κ2) is 6.10. The van der Waals surface area contributed by atoms with Crippen LogP contribution in [0.1, 0.15) is 62.0 Å². The van der Waals surface area contributed by atoms with Crippen LogP contribution in [0.4, 0.5) is 0 Å². The van der Waals surface area contributed by atoms with E-state index in [1.165, 1.54) is 53.9 Å². The maximum atomic E-state index is 5.49. The lowest BCUT2D eigenvalue weighted by Gasteiger charge is -2.27. The van der Waals surface area contributed by atoms with Crippen molar-refractivity contribution < 1.29 is 4.74 Å². The van der Waals surface area contributed by atoms with Gasteiger partial charge in [-0.25, -0.2) is 4.98 Å². The molecule has 0 aromatic carbocycles. The third-order valence-electron chi connectivity index (χ3n) is 6.16. The fourth-order valence-corrected chi connectivity index (χ4v) is 4.74. The molecule has 25 heavy (non-hydrogen) atoms. The summed E-state index contributed by atoms with van der Waals surface area (Å²) >= 11 is 0. The molecule has 3 heterocycles. The van der Waals surface area contributed by atoms with Crippen molar-refractivity contribution in [3.05, 3.63) is 47.2 Å². The Morgan fingerprint density at radius 3 is 2.96 bits per heavy atom. The van der Waals surface area contributed by atoms with Crippen molar-refractivity contribution in [2.75, 3.05) is 13.2 Å². The van der Waals surface area contributed by atoms with E-state index in [0.717, 1.165) is 37.6 Å². The molecule has 0 N–H and O–H groups in total. The first kappa shape index (κ1) is 15.3. The Bertz CT molecular complexity index is 877. The first-order valence-electron chi connectivity index (χ1n) is 9.66. The van der Waals surface area contributed by atoms with Crippen LogP contribution in [0, 0.1) is 5.92 Å². The van der Waals surface area contributed by atoms with Crippen molar-refractivity contribution >= 4 is 11.2 Å². The average molecular weight is 335 g/mol. The fourth-order valence-electron chi connectivity index (χ4n) is 4.74. The number of rotatable bonds is 2. The number of fused-ring (bicyclic) bond motifs is 3. The van der Waals surface area contributed by atoms with E-state index < -0.39 is 0 Å². The van der Waals surface area contributed by atoms with Crippen LogP contribution in [0.25, 0.3) is 11.2 Å². The molecule has 0 spiro atoms. The zero-order chi connectivity index (χ0) is 16.8. The second-order valence-corrected chi connectivity index (χ2v) is 7.69. The van der Waals surface area contributed by atoms with Crippen LogP contribution in [-0.4, -0.2) is 27.6 Å². The van der Waals surface area contributed by atoms with Gasteiger partial charge in [-0.2, -0.15) is 0 Å². The molecule has 1 aliphatic heterocycles. The lowest BCUT2D eigenvalue weighted by atomic mass is 9.79. The number of aromatic nitrogens is 3. The summed E-state index contributed by atoms with van der Waals surface area (Å²) in [5, 5.41) is 0. The van der Waals surface area contributed by atoms with Gasteiger partial charge in [0.1, 0.15) is 0 Å². The van der Waals surface area contributed by atoms with Gasteiger partial charge in [0.15, 0.2) is 5.65 Å². The van der Waals surface area contributed by atoms with Crippen LogP contribution in [0.2, 0.25) is 0 Å². The number of hydrogen-bond donors (Lipinski definition) is 0. The summed E-state index contributed by atoms with van der Waals surface area (Å²) in [6.07, 6.45) is 16.0. The Kier molecular flexibility index (Phi) is 3.74. The van der Waals surface area contributed by atoms with Gasteiger partial charge >= 0.3 is 0 Å². The van der Waals surface area contributed by atoms with Crippen LogP contribution in [0.5, 0.6) is 0 Å². The highest BCUT2D eigenvalue weighted by atomic mass is 16.5. The predicted octanol–water partition coefficient (Wildman–Crippen LogP) is 4.31. The molecule has 5 rings (SSSR count). The molecule has 2 aromatic heterocycles. The van der Waals surface area contributed by atoms with Crippen molar-refractivity contribution in [2.45, 2.75) is 51.4 Å². The number of ether oxygens (including phenoxy) is 1. The number of nitrogens with zero attached hydrogens (tertiary/aromatic N) is 3. The lowest BCUT2D eigenvalue weighted by Crippen LogP contribution is -2.15. The lowest BCUT2D eigenvalue weighted by molar-refractivity contribution is 0.156. The monoisotopic (exact) mass is 335 g/mol. The Hall–Kier alpha value is -1.94. The van der Waals surface area contributed by atoms with Crippen LogP contribution in [0.3, 0.4) is 0 Å². The molecule has 4 heteroatoms. The van der Waals surface area contributed by atoms with Crippen LogP contribution in [-0.2, 0) is 11.2 Å². The molecular formula is C21H25N3O. The predicted molar refractivity (Wildman–Crippen MR) is 98.6 cm³/mol. The Morgan fingerprint density at radius 1 is 1.20 bits per heavy atom. The summed E-state index contributed by atoms with van der Waals surface area (Å²) in [6.45, 7) is 3.92.